The van der Waals surface area contributed by atoms with E-state index in [1.807, 2.05) is 6.92 Å². The van der Waals surface area contributed by atoms with Gasteiger partial charge in [0.1, 0.15) is 5.60 Å². The number of esters is 1. The van der Waals surface area contributed by atoms with Crippen molar-refractivity contribution in [3.8, 4) is 0 Å². The molecule has 1 saturated heterocycles. The quantitative estimate of drug-likeness (QED) is 0.636. The van der Waals surface area contributed by atoms with Gasteiger partial charge in [-0.1, -0.05) is 18.2 Å². The second-order valence-corrected chi connectivity index (χ2v) is 6.95. The van der Waals surface area contributed by atoms with Gasteiger partial charge in [-0.3, -0.25) is 10.1 Å². The predicted octanol–water partition coefficient (Wildman–Crippen LogP) is 1.76. The van der Waals surface area contributed by atoms with E-state index < -0.39 is 29.9 Å². The van der Waals surface area contributed by atoms with Gasteiger partial charge in [0.2, 0.25) is 0 Å². The third-order valence-electron chi connectivity index (χ3n) is 5.46. The number of amides is 2. The highest BCUT2D eigenvalue weighted by Gasteiger charge is 2.71. The van der Waals surface area contributed by atoms with Crippen LogP contribution >= 0.6 is 0 Å². The Balaban J connectivity index is 1.47. The topological polar surface area (TPSA) is 103 Å². The number of alkyl carbamates (subject to hydrolysis) is 1. The van der Waals surface area contributed by atoms with Gasteiger partial charge in [-0.15, -0.1) is 0 Å². The lowest BCUT2D eigenvalue weighted by molar-refractivity contribution is -0.150. The van der Waals surface area contributed by atoms with E-state index in [1.165, 1.54) is 13.4 Å². The Labute approximate surface area is 155 Å². The molecule has 0 radical (unpaired) electrons. The molecule has 3 aliphatic rings. The highest BCUT2D eigenvalue weighted by atomic mass is 16.7. The van der Waals surface area contributed by atoms with E-state index in [2.05, 4.69) is 5.32 Å². The zero-order valence-corrected chi connectivity index (χ0v) is 14.8. The van der Waals surface area contributed by atoms with Crippen molar-refractivity contribution in [2.75, 3.05) is 7.11 Å². The molecular formula is C19H19NO7. The molecule has 142 valence electrons. The van der Waals surface area contributed by atoms with Crippen LogP contribution in [-0.4, -0.2) is 43.1 Å². The average molecular weight is 373 g/mol. The van der Waals surface area contributed by atoms with Gasteiger partial charge < -0.3 is 18.9 Å². The van der Waals surface area contributed by atoms with Crippen LogP contribution in [0, 0.1) is 11.8 Å². The molecular weight excluding hydrogens is 354 g/mol. The molecule has 1 aliphatic carbocycles. The highest BCUT2D eigenvalue weighted by molar-refractivity contribution is 6.02. The first kappa shape index (κ1) is 17.5. The summed E-state index contributed by atoms with van der Waals surface area (Å²) >= 11 is 0. The van der Waals surface area contributed by atoms with E-state index in [4.69, 9.17) is 18.9 Å². The van der Waals surface area contributed by atoms with Crippen molar-refractivity contribution in [2.45, 2.75) is 31.3 Å². The van der Waals surface area contributed by atoms with Crippen LogP contribution in [0.3, 0.4) is 0 Å². The summed E-state index contributed by atoms with van der Waals surface area (Å²) in [6, 6.07) is 8.32. The minimum absolute atomic E-state index is 0.0256. The van der Waals surface area contributed by atoms with E-state index in [1.54, 1.807) is 30.3 Å². The molecule has 0 aromatic heterocycles. The monoisotopic (exact) mass is 373 g/mol. The fourth-order valence-electron chi connectivity index (χ4n) is 4.03. The number of carbonyl (C=O) groups is 3. The van der Waals surface area contributed by atoms with Crippen LogP contribution in [0.4, 0.5) is 4.79 Å². The van der Waals surface area contributed by atoms with E-state index in [-0.39, 0.29) is 17.9 Å². The van der Waals surface area contributed by atoms with Gasteiger partial charge in [0.15, 0.2) is 0 Å². The molecule has 0 unspecified atom stereocenters. The summed E-state index contributed by atoms with van der Waals surface area (Å²) in [5.74, 6) is -1.61. The van der Waals surface area contributed by atoms with Crippen molar-refractivity contribution in [1.29, 1.82) is 0 Å². The molecule has 2 aliphatic heterocycles. The number of hydrogen-bond donors (Lipinski definition) is 1. The van der Waals surface area contributed by atoms with Gasteiger partial charge in [-0.25, -0.2) is 9.59 Å². The Hall–Kier alpha value is -2.87. The normalized spacial score (nSPS) is 32.9. The van der Waals surface area contributed by atoms with Crippen molar-refractivity contribution in [2.24, 2.45) is 11.8 Å². The Morgan fingerprint density at radius 2 is 1.96 bits per heavy atom. The van der Waals surface area contributed by atoms with Crippen LogP contribution in [0.15, 0.2) is 42.2 Å². The molecule has 0 bridgehead atoms. The molecule has 2 amide bonds. The number of nitrogens with one attached hydrogen (secondary N) is 1. The van der Waals surface area contributed by atoms with Gasteiger partial charge in [0, 0.05) is 11.5 Å². The van der Waals surface area contributed by atoms with E-state index in [0.717, 1.165) is 0 Å². The molecule has 1 aromatic carbocycles. The summed E-state index contributed by atoms with van der Waals surface area (Å²) in [6.07, 6.45) is -0.0180. The standard InChI is InChI=1S/C19H19NO7/c1-19-13(27-19)8-11-12(16(22)24-2)9-25-17(14(11)19)26-18(23)20-15(21)10-6-4-3-5-7-10/h3-7,9,11,13-14,17H,8H2,1-2H3,(H,20,21,23)/t11-,13+,14+,17+,19+/m1/s1. The minimum atomic E-state index is -0.968. The summed E-state index contributed by atoms with van der Waals surface area (Å²) in [4.78, 5) is 36.3. The average Bonchev–Trinajstić information content (AvgIpc) is 3.22. The van der Waals surface area contributed by atoms with Crippen LogP contribution < -0.4 is 5.32 Å². The number of imide groups is 1. The Bertz CT molecular complexity index is 821. The summed E-state index contributed by atoms with van der Waals surface area (Å²) in [5, 5.41) is 2.18. The predicted molar refractivity (Wildman–Crippen MR) is 90.2 cm³/mol. The molecule has 0 spiro atoms. The molecule has 2 fully saturated rings. The summed E-state index contributed by atoms with van der Waals surface area (Å²) in [5.41, 5.74) is 0.204. The second kappa shape index (κ2) is 6.38. The molecule has 1 saturated carbocycles. The lowest BCUT2D eigenvalue weighted by Gasteiger charge is -2.35. The van der Waals surface area contributed by atoms with Crippen molar-refractivity contribution in [1.82, 2.24) is 5.32 Å². The number of benzene rings is 1. The third-order valence-corrected chi connectivity index (χ3v) is 5.46. The molecule has 5 atom stereocenters. The van der Waals surface area contributed by atoms with Crippen LogP contribution in [-0.2, 0) is 23.7 Å². The van der Waals surface area contributed by atoms with Crippen molar-refractivity contribution < 1.29 is 33.3 Å². The Morgan fingerprint density at radius 1 is 1.22 bits per heavy atom. The SMILES string of the molecule is COC(=O)C1=CO[C@@H](OC(=O)NC(=O)c2ccccc2)[C@@H]2[C@@H]1C[C@@H]1O[C@]21C. The summed E-state index contributed by atoms with van der Waals surface area (Å²) in [7, 11) is 1.30. The van der Waals surface area contributed by atoms with Gasteiger partial charge in [0.25, 0.3) is 12.2 Å². The smallest absolute Gasteiger partial charge is 0.417 e. The number of carbonyl (C=O) groups excluding carboxylic acids is 3. The highest BCUT2D eigenvalue weighted by Crippen LogP contribution is 2.60. The Kier molecular flexibility index (Phi) is 4.15. The Morgan fingerprint density at radius 3 is 2.67 bits per heavy atom. The largest absolute Gasteiger partial charge is 0.466 e. The summed E-state index contributed by atoms with van der Waals surface area (Å²) in [6.45, 7) is 1.90. The van der Waals surface area contributed by atoms with Crippen molar-refractivity contribution in [3.05, 3.63) is 47.7 Å². The first-order valence-corrected chi connectivity index (χ1v) is 8.62. The molecule has 8 nitrogen and oxygen atoms in total. The fourth-order valence-corrected chi connectivity index (χ4v) is 4.03. The number of epoxide rings is 1. The van der Waals surface area contributed by atoms with Crippen LogP contribution in [0.1, 0.15) is 23.7 Å². The van der Waals surface area contributed by atoms with Crippen molar-refractivity contribution in [3.63, 3.8) is 0 Å². The van der Waals surface area contributed by atoms with Crippen LogP contribution in [0.25, 0.3) is 0 Å². The first-order valence-electron chi connectivity index (χ1n) is 8.62. The van der Waals surface area contributed by atoms with E-state index >= 15 is 0 Å². The van der Waals surface area contributed by atoms with Crippen molar-refractivity contribution >= 4 is 18.0 Å². The second-order valence-electron chi connectivity index (χ2n) is 6.95. The molecule has 4 rings (SSSR count). The zero-order chi connectivity index (χ0) is 19.2. The van der Waals surface area contributed by atoms with E-state index in [9.17, 15) is 14.4 Å². The molecule has 1 aromatic rings. The van der Waals surface area contributed by atoms with Gasteiger partial charge in [-0.05, 0) is 25.5 Å². The van der Waals surface area contributed by atoms with E-state index in [0.29, 0.717) is 17.6 Å². The first-order chi connectivity index (χ1) is 12.9. The number of hydrogen-bond acceptors (Lipinski definition) is 7. The maximum Gasteiger partial charge on any atom is 0.417 e. The van der Waals surface area contributed by atoms with Gasteiger partial charge in [-0.2, -0.15) is 0 Å². The number of methoxy groups -OCH3 is 1. The number of ether oxygens (including phenoxy) is 4. The fraction of sp³-hybridized carbons (Fsp3) is 0.421. The lowest BCUT2D eigenvalue weighted by atomic mass is 9.82. The van der Waals surface area contributed by atoms with Crippen LogP contribution in [0.2, 0.25) is 0 Å². The van der Waals surface area contributed by atoms with Crippen LogP contribution in [0.5, 0.6) is 0 Å². The summed E-state index contributed by atoms with van der Waals surface area (Å²) < 4.78 is 21.4. The third kappa shape index (κ3) is 2.95. The number of rotatable bonds is 3. The lowest BCUT2D eigenvalue weighted by Crippen LogP contribution is -2.45. The molecule has 27 heavy (non-hydrogen) atoms. The molecule has 8 heteroatoms. The minimum Gasteiger partial charge on any atom is -0.466 e. The number of fused-ring (bicyclic) bond motifs is 3. The molecule has 2 heterocycles. The van der Waals surface area contributed by atoms with Gasteiger partial charge >= 0.3 is 12.1 Å². The van der Waals surface area contributed by atoms with Gasteiger partial charge in [0.05, 0.1) is 31.0 Å². The maximum atomic E-state index is 12.2. The molecule has 1 N–H and O–H groups in total. The zero-order valence-electron chi connectivity index (χ0n) is 14.8. The maximum absolute atomic E-state index is 12.2.